The van der Waals surface area contributed by atoms with Crippen LogP contribution in [0.25, 0.3) is 0 Å². The van der Waals surface area contributed by atoms with Crippen molar-refractivity contribution in [2.45, 2.75) is 40.2 Å². The van der Waals surface area contributed by atoms with Gasteiger partial charge >= 0.3 is 5.97 Å². The molecule has 2 N–H and O–H groups in total. The Morgan fingerprint density at radius 3 is 2.40 bits per heavy atom. The van der Waals surface area contributed by atoms with E-state index in [4.69, 9.17) is 0 Å². The summed E-state index contributed by atoms with van der Waals surface area (Å²) in [4.78, 5) is 24.0. The molecule has 2 rings (SSSR count). The Bertz CT molecular complexity index is 734. The van der Waals surface area contributed by atoms with E-state index < -0.39 is 11.4 Å². The molecule has 0 aliphatic rings. The van der Waals surface area contributed by atoms with Gasteiger partial charge in [-0.15, -0.1) is 0 Å². The number of carboxylic acid groups (broad SMARTS) is 1. The summed E-state index contributed by atoms with van der Waals surface area (Å²) in [7, 11) is 0. The van der Waals surface area contributed by atoms with Crippen molar-refractivity contribution in [3.63, 3.8) is 0 Å². The third kappa shape index (κ3) is 4.07. The van der Waals surface area contributed by atoms with Crippen molar-refractivity contribution >= 4 is 11.9 Å². The number of nitrogens with one attached hydrogen (secondary N) is 1. The molecular weight excluding hydrogens is 318 g/mol. The van der Waals surface area contributed by atoms with E-state index in [9.17, 15) is 14.7 Å². The quantitative estimate of drug-likeness (QED) is 0.772. The highest BCUT2D eigenvalue weighted by molar-refractivity contribution is 5.95. The summed E-state index contributed by atoms with van der Waals surface area (Å²) in [6, 6.07) is 9.88. The van der Waals surface area contributed by atoms with Crippen LogP contribution in [-0.2, 0) is 11.3 Å². The Labute approximate surface area is 147 Å². The van der Waals surface area contributed by atoms with Crippen LogP contribution in [0, 0.1) is 12.3 Å². The normalized spacial score (nSPS) is 11.3. The molecule has 1 heterocycles. The molecule has 0 bridgehead atoms. The number of hydrogen-bond acceptors (Lipinski definition) is 3. The summed E-state index contributed by atoms with van der Waals surface area (Å²) in [5.41, 5.74) is 1.41. The molecule has 0 aliphatic carbocycles. The topological polar surface area (TPSA) is 84.2 Å². The van der Waals surface area contributed by atoms with Crippen LogP contribution in [0.5, 0.6) is 0 Å². The summed E-state index contributed by atoms with van der Waals surface area (Å²) < 4.78 is 1.77. The van der Waals surface area contributed by atoms with Crippen LogP contribution in [0.3, 0.4) is 0 Å². The molecule has 6 nitrogen and oxygen atoms in total. The first-order chi connectivity index (χ1) is 11.9. The third-order valence-corrected chi connectivity index (χ3v) is 4.92. The van der Waals surface area contributed by atoms with Gasteiger partial charge in [-0.2, -0.15) is 5.10 Å². The number of aromatic nitrogens is 2. The monoisotopic (exact) mass is 343 g/mol. The maximum atomic E-state index is 12.5. The Morgan fingerprint density at radius 2 is 1.84 bits per heavy atom. The lowest BCUT2D eigenvalue weighted by Gasteiger charge is -2.26. The number of carbonyl (C=O) groups is 2. The highest BCUT2D eigenvalue weighted by Crippen LogP contribution is 2.26. The maximum absolute atomic E-state index is 12.5. The summed E-state index contributed by atoms with van der Waals surface area (Å²) >= 11 is 0. The van der Waals surface area contributed by atoms with E-state index >= 15 is 0 Å². The first-order valence-electron chi connectivity index (χ1n) is 8.51. The number of nitrogens with zero attached hydrogens (tertiary/aromatic N) is 2. The average Bonchev–Trinajstić information content (AvgIpc) is 2.97. The number of amides is 1. The van der Waals surface area contributed by atoms with Crippen molar-refractivity contribution in [3.8, 4) is 0 Å². The van der Waals surface area contributed by atoms with Crippen molar-refractivity contribution in [1.29, 1.82) is 0 Å². The minimum atomic E-state index is -0.927. The Hall–Kier alpha value is -2.63. The van der Waals surface area contributed by atoms with Crippen LogP contribution in [0.1, 0.15) is 48.3 Å². The van der Waals surface area contributed by atoms with E-state index in [2.05, 4.69) is 10.4 Å². The van der Waals surface area contributed by atoms with Gasteiger partial charge in [-0.25, -0.2) is 0 Å². The highest BCUT2D eigenvalue weighted by atomic mass is 16.4. The van der Waals surface area contributed by atoms with Crippen LogP contribution in [0.4, 0.5) is 0 Å². The molecule has 0 aliphatic heterocycles. The predicted molar refractivity (Wildman–Crippen MR) is 95.5 cm³/mol. The molecule has 0 radical (unpaired) electrons. The van der Waals surface area contributed by atoms with E-state index in [1.54, 1.807) is 4.68 Å². The van der Waals surface area contributed by atoms with Crippen LogP contribution in [0.2, 0.25) is 0 Å². The second kappa shape index (κ2) is 7.96. The molecule has 1 aromatic carbocycles. The second-order valence-corrected chi connectivity index (χ2v) is 6.26. The van der Waals surface area contributed by atoms with Crippen LogP contribution in [-0.4, -0.2) is 33.3 Å². The zero-order valence-electron chi connectivity index (χ0n) is 15.0. The molecule has 1 amide bonds. The lowest BCUT2D eigenvalue weighted by Crippen LogP contribution is -2.42. The van der Waals surface area contributed by atoms with E-state index in [0.717, 1.165) is 11.3 Å². The molecule has 0 saturated heterocycles. The van der Waals surface area contributed by atoms with Gasteiger partial charge in [0.15, 0.2) is 0 Å². The van der Waals surface area contributed by atoms with Gasteiger partial charge in [0.05, 0.1) is 23.7 Å². The SMILES string of the molecule is CCC(CC)(CNC(=O)c1cnn(Cc2ccccc2)c1C)C(=O)O. The van der Waals surface area contributed by atoms with Gasteiger partial charge in [-0.05, 0) is 25.3 Å². The predicted octanol–water partition coefficient (Wildman–Crippen LogP) is 2.86. The lowest BCUT2D eigenvalue weighted by molar-refractivity contribution is -0.149. The van der Waals surface area contributed by atoms with Crippen LogP contribution in [0.15, 0.2) is 36.5 Å². The van der Waals surface area contributed by atoms with Gasteiger partial charge in [0.1, 0.15) is 0 Å². The van der Waals surface area contributed by atoms with Crippen molar-refractivity contribution in [3.05, 3.63) is 53.3 Å². The van der Waals surface area contributed by atoms with Crippen molar-refractivity contribution in [2.24, 2.45) is 5.41 Å². The zero-order chi connectivity index (χ0) is 18.4. The van der Waals surface area contributed by atoms with Gasteiger partial charge in [0.2, 0.25) is 0 Å². The fraction of sp³-hybridized carbons (Fsp3) is 0.421. The van der Waals surface area contributed by atoms with E-state index in [-0.39, 0.29) is 12.5 Å². The zero-order valence-corrected chi connectivity index (χ0v) is 15.0. The van der Waals surface area contributed by atoms with Crippen molar-refractivity contribution in [1.82, 2.24) is 15.1 Å². The molecule has 0 spiro atoms. The number of rotatable bonds is 8. The summed E-state index contributed by atoms with van der Waals surface area (Å²) in [5.74, 6) is -1.17. The highest BCUT2D eigenvalue weighted by Gasteiger charge is 2.35. The van der Waals surface area contributed by atoms with Gasteiger partial charge in [0.25, 0.3) is 5.91 Å². The van der Waals surface area contributed by atoms with Gasteiger partial charge < -0.3 is 10.4 Å². The lowest BCUT2D eigenvalue weighted by atomic mass is 9.82. The maximum Gasteiger partial charge on any atom is 0.311 e. The third-order valence-electron chi connectivity index (χ3n) is 4.92. The Balaban J connectivity index is 2.09. The largest absolute Gasteiger partial charge is 0.481 e. The standard InChI is InChI=1S/C19H25N3O3/c1-4-19(5-2,18(24)25)13-20-17(23)16-11-21-22(14(16)3)12-15-9-7-6-8-10-15/h6-11H,4-5,12-13H2,1-3H3,(H,20,23)(H,24,25). The number of carboxylic acids is 1. The van der Waals surface area contributed by atoms with E-state index in [0.29, 0.717) is 24.9 Å². The molecule has 0 fully saturated rings. The molecule has 0 saturated carbocycles. The molecule has 0 atom stereocenters. The van der Waals surface area contributed by atoms with Crippen molar-refractivity contribution in [2.75, 3.05) is 6.54 Å². The minimum absolute atomic E-state index is 0.109. The second-order valence-electron chi connectivity index (χ2n) is 6.26. The van der Waals surface area contributed by atoms with Gasteiger partial charge in [-0.3, -0.25) is 14.3 Å². The van der Waals surface area contributed by atoms with Crippen LogP contribution < -0.4 is 5.32 Å². The van der Waals surface area contributed by atoms with E-state index in [1.807, 2.05) is 51.1 Å². The molecule has 134 valence electrons. The first-order valence-corrected chi connectivity index (χ1v) is 8.51. The van der Waals surface area contributed by atoms with Gasteiger partial charge in [-0.1, -0.05) is 44.2 Å². The van der Waals surface area contributed by atoms with Gasteiger partial charge in [0, 0.05) is 12.2 Å². The van der Waals surface area contributed by atoms with Crippen LogP contribution >= 0.6 is 0 Å². The Kier molecular flexibility index (Phi) is 5.96. The first kappa shape index (κ1) is 18.7. The smallest absolute Gasteiger partial charge is 0.311 e. The molecule has 2 aromatic rings. The van der Waals surface area contributed by atoms with Crippen molar-refractivity contribution < 1.29 is 14.7 Å². The minimum Gasteiger partial charge on any atom is -0.481 e. The molecular formula is C19H25N3O3. The number of aliphatic carboxylic acids is 1. The summed E-state index contributed by atoms with van der Waals surface area (Å²) in [5, 5.41) is 16.5. The number of hydrogen-bond donors (Lipinski definition) is 2. The number of carbonyl (C=O) groups excluding carboxylic acids is 1. The average molecular weight is 343 g/mol. The fourth-order valence-electron chi connectivity index (χ4n) is 2.81. The Morgan fingerprint density at radius 1 is 1.20 bits per heavy atom. The summed E-state index contributed by atoms with van der Waals surface area (Å²) in [6.07, 6.45) is 2.46. The fourth-order valence-corrected chi connectivity index (χ4v) is 2.81. The molecule has 0 unspecified atom stereocenters. The summed E-state index contributed by atoms with van der Waals surface area (Å²) in [6.45, 7) is 6.19. The molecule has 1 aromatic heterocycles. The molecule has 6 heteroatoms. The molecule has 25 heavy (non-hydrogen) atoms. The number of benzene rings is 1. The van der Waals surface area contributed by atoms with E-state index in [1.165, 1.54) is 6.20 Å².